The number of carbonyl (C=O) groups is 1. The Balaban J connectivity index is 1.83. The van der Waals surface area contributed by atoms with Crippen molar-refractivity contribution in [1.29, 1.82) is 0 Å². The zero-order chi connectivity index (χ0) is 13.9. The summed E-state index contributed by atoms with van der Waals surface area (Å²) in [6.45, 7) is 3.63. The van der Waals surface area contributed by atoms with Crippen molar-refractivity contribution in [2.45, 2.75) is 13.3 Å². The number of hydrogen-bond acceptors (Lipinski definition) is 3. The number of benzene rings is 1. The van der Waals surface area contributed by atoms with E-state index in [1.54, 1.807) is 16.2 Å². The Morgan fingerprint density at radius 3 is 3.05 bits per heavy atom. The van der Waals surface area contributed by atoms with Gasteiger partial charge in [0.05, 0.1) is 6.61 Å². The van der Waals surface area contributed by atoms with Gasteiger partial charge in [-0.2, -0.15) is 0 Å². The van der Waals surface area contributed by atoms with Crippen LogP contribution in [0.3, 0.4) is 0 Å². The van der Waals surface area contributed by atoms with Crippen LogP contribution in [0.15, 0.2) is 35.7 Å². The second kappa shape index (κ2) is 5.67. The summed E-state index contributed by atoms with van der Waals surface area (Å²) >= 11 is 1.78. The van der Waals surface area contributed by atoms with E-state index in [0.717, 1.165) is 13.0 Å². The summed E-state index contributed by atoms with van der Waals surface area (Å²) in [5, 5.41) is 3.42. The summed E-state index contributed by atoms with van der Waals surface area (Å²) in [6.07, 6.45) is 2.82. The van der Waals surface area contributed by atoms with Crippen LogP contribution < -0.4 is 0 Å². The van der Waals surface area contributed by atoms with Gasteiger partial charge in [0.15, 0.2) is 0 Å². The van der Waals surface area contributed by atoms with E-state index in [1.165, 1.54) is 21.2 Å². The predicted molar refractivity (Wildman–Crippen MR) is 83.0 cm³/mol. The molecule has 1 aliphatic rings. The molecule has 0 radical (unpaired) electrons. The topological polar surface area (TPSA) is 29.5 Å². The normalized spacial score (nSPS) is 15.2. The standard InChI is InChI=1S/C16H17NO2S/c1-2-19-16(18)17-9-6-12(7-10-17)14-5-3-4-13-8-11-20-15(13)14/h3-6,8,11H,2,7,9-10H2,1H3. The minimum absolute atomic E-state index is 0.211. The van der Waals surface area contributed by atoms with Crippen LogP contribution in [-0.2, 0) is 4.74 Å². The lowest BCUT2D eigenvalue weighted by atomic mass is 9.98. The van der Waals surface area contributed by atoms with Gasteiger partial charge in [0.2, 0.25) is 0 Å². The summed E-state index contributed by atoms with van der Waals surface area (Å²) in [5.74, 6) is 0. The second-order valence-corrected chi connectivity index (χ2v) is 5.68. The van der Waals surface area contributed by atoms with Crippen LogP contribution in [0.2, 0.25) is 0 Å². The summed E-state index contributed by atoms with van der Waals surface area (Å²) < 4.78 is 6.38. The highest BCUT2D eigenvalue weighted by Crippen LogP contribution is 2.32. The molecule has 0 unspecified atom stereocenters. The quantitative estimate of drug-likeness (QED) is 0.830. The van der Waals surface area contributed by atoms with Gasteiger partial charge in [-0.15, -0.1) is 11.3 Å². The molecule has 0 N–H and O–H groups in total. The maximum Gasteiger partial charge on any atom is 0.410 e. The third-order valence-corrected chi connectivity index (χ3v) is 4.52. The first-order valence-electron chi connectivity index (χ1n) is 6.87. The number of carbonyl (C=O) groups excluding carboxylic acids is 1. The molecule has 0 saturated carbocycles. The molecule has 1 aromatic heterocycles. The predicted octanol–water partition coefficient (Wildman–Crippen LogP) is 4.15. The van der Waals surface area contributed by atoms with E-state index in [0.29, 0.717) is 13.2 Å². The fourth-order valence-electron chi connectivity index (χ4n) is 2.54. The largest absolute Gasteiger partial charge is 0.450 e. The van der Waals surface area contributed by atoms with Crippen LogP contribution in [0.4, 0.5) is 4.79 Å². The van der Waals surface area contributed by atoms with Crippen molar-refractivity contribution in [1.82, 2.24) is 4.90 Å². The maximum absolute atomic E-state index is 11.7. The Hall–Kier alpha value is -1.81. The molecule has 3 rings (SSSR count). The van der Waals surface area contributed by atoms with Gasteiger partial charge in [-0.3, -0.25) is 0 Å². The summed E-state index contributed by atoms with van der Waals surface area (Å²) in [6, 6.07) is 8.56. The number of fused-ring (bicyclic) bond motifs is 1. The van der Waals surface area contributed by atoms with Crippen LogP contribution in [-0.4, -0.2) is 30.7 Å². The van der Waals surface area contributed by atoms with Crippen molar-refractivity contribution in [3.05, 3.63) is 41.3 Å². The van der Waals surface area contributed by atoms with E-state index in [4.69, 9.17) is 4.74 Å². The van der Waals surface area contributed by atoms with Gasteiger partial charge < -0.3 is 9.64 Å². The minimum atomic E-state index is -0.211. The zero-order valence-electron chi connectivity index (χ0n) is 11.5. The first-order valence-corrected chi connectivity index (χ1v) is 7.75. The number of nitrogens with zero attached hydrogens (tertiary/aromatic N) is 1. The fourth-order valence-corrected chi connectivity index (χ4v) is 3.49. The third kappa shape index (κ3) is 2.43. The number of hydrogen-bond donors (Lipinski definition) is 0. The summed E-state index contributed by atoms with van der Waals surface area (Å²) in [5.41, 5.74) is 2.64. The second-order valence-electron chi connectivity index (χ2n) is 4.77. The highest BCUT2D eigenvalue weighted by molar-refractivity contribution is 7.17. The van der Waals surface area contributed by atoms with E-state index in [1.807, 2.05) is 6.92 Å². The number of thiophene rings is 1. The Bertz CT molecular complexity index is 659. The molecule has 4 heteroatoms. The third-order valence-electron chi connectivity index (χ3n) is 3.56. The van der Waals surface area contributed by atoms with Crippen molar-refractivity contribution in [3.8, 4) is 0 Å². The molecule has 0 atom stereocenters. The molecule has 3 nitrogen and oxygen atoms in total. The van der Waals surface area contributed by atoms with Crippen LogP contribution in [0, 0.1) is 0 Å². The van der Waals surface area contributed by atoms with E-state index in [2.05, 4.69) is 35.7 Å². The molecule has 2 heterocycles. The lowest BCUT2D eigenvalue weighted by molar-refractivity contribution is 0.111. The monoisotopic (exact) mass is 287 g/mol. The number of ether oxygens (including phenoxy) is 1. The number of rotatable bonds is 2. The Morgan fingerprint density at radius 2 is 2.30 bits per heavy atom. The maximum atomic E-state index is 11.7. The Morgan fingerprint density at radius 1 is 1.40 bits per heavy atom. The highest BCUT2D eigenvalue weighted by Gasteiger charge is 2.19. The lowest BCUT2D eigenvalue weighted by Crippen LogP contribution is -2.35. The molecule has 0 aliphatic carbocycles. The smallest absolute Gasteiger partial charge is 0.410 e. The van der Waals surface area contributed by atoms with Crippen LogP contribution in [0.1, 0.15) is 18.9 Å². The average Bonchev–Trinajstić information content (AvgIpc) is 2.96. The lowest BCUT2D eigenvalue weighted by Gasteiger charge is -2.26. The van der Waals surface area contributed by atoms with E-state index >= 15 is 0 Å². The first kappa shape index (κ1) is 13.2. The van der Waals surface area contributed by atoms with Crippen LogP contribution in [0.25, 0.3) is 15.7 Å². The molecule has 1 aliphatic heterocycles. The Kier molecular flexibility index (Phi) is 3.74. The van der Waals surface area contributed by atoms with Crippen LogP contribution >= 0.6 is 11.3 Å². The SMILES string of the molecule is CCOC(=O)N1CC=C(c2cccc3ccsc23)CC1. The van der Waals surface area contributed by atoms with Crippen molar-refractivity contribution in [3.63, 3.8) is 0 Å². The average molecular weight is 287 g/mol. The van der Waals surface area contributed by atoms with Gasteiger partial charge in [0.25, 0.3) is 0 Å². The molecule has 1 amide bonds. The fraction of sp³-hybridized carbons (Fsp3) is 0.312. The summed E-state index contributed by atoms with van der Waals surface area (Å²) in [7, 11) is 0. The Labute approximate surface area is 122 Å². The molecule has 2 aromatic rings. The summed E-state index contributed by atoms with van der Waals surface area (Å²) in [4.78, 5) is 13.4. The van der Waals surface area contributed by atoms with Crippen molar-refractivity contribution < 1.29 is 9.53 Å². The highest BCUT2D eigenvalue weighted by atomic mass is 32.1. The molecule has 0 saturated heterocycles. The van der Waals surface area contributed by atoms with Gasteiger partial charge >= 0.3 is 6.09 Å². The van der Waals surface area contributed by atoms with Gasteiger partial charge in [0.1, 0.15) is 0 Å². The van der Waals surface area contributed by atoms with E-state index in [9.17, 15) is 4.79 Å². The van der Waals surface area contributed by atoms with Gasteiger partial charge in [0, 0.05) is 17.8 Å². The molecule has 20 heavy (non-hydrogen) atoms. The molecule has 0 fully saturated rings. The molecular weight excluding hydrogens is 270 g/mol. The van der Waals surface area contributed by atoms with Gasteiger partial charge in [-0.25, -0.2) is 4.79 Å². The minimum Gasteiger partial charge on any atom is -0.450 e. The number of amides is 1. The molecule has 1 aromatic carbocycles. The van der Waals surface area contributed by atoms with Gasteiger partial charge in [-0.1, -0.05) is 24.3 Å². The van der Waals surface area contributed by atoms with Gasteiger partial charge in [-0.05, 0) is 41.3 Å². The van der Waals surface area contributed by atoms with Crippen molar-refractivity contribution >= 4 is 33.1 Å². The van der Waals surface area contributed by atoms with Crippen LogP contribution in [0.5, 0.6) is 0 Å². The van der Waals surface area contributed by atoms with Crippen molar-refractivity contribution in [2.75, 3.05) is 19.7 Å². The molecule has 0 spiro atoms. The van der Waals surface area contributed by atoms with E-state index in [-0.39, 0.29) is 6.09 Å². The van der Waals surface area contributed by atoms with E-state index < -0.39 is 0 Å². The zero-order valence-corrected chi connectivity index (χ0v) is 12.3. The molecule has 0 bridgehead atoms. The van der Waals surface area contributed by atoms with Crippen molar-refractivity contribution in [2.24, 2.45) is 0 Å². The molecule has 104 valence electrons. The molecular formula is C16H17NO2S. The first-order chi connectivity index (χ1) is 9.79.